The first-order valence-electron chi connectivity index (χ1n) is 5.35. The quantitative estimate of drug-likeness (QED) is 0.694. The molecule has 1 aliphatic carbocycles. The molecule has 6 heteroatoms. The van der Waals surface area contributed by atoms with E-state index in [1.54, 1.807) is 0 Å². The number of fused-ring (bicyclic) bond motifs is 1. The lowest BCUT2D eigenvalue weighted by Crippen LogP contribution is -2.29. The summed E-state index contributed by atoms with van der Waals surface area (Å²) in [7, 11) is 1.94. The van der Waals surface area contributed by atoms with Crippen LogP contribution in [0.4, 0.5) is 0 Å². The summed E-state index contributed by atoms with van der Waals surface area (Å²) in [6, 6.07) is 0.108. The fourth-order valence-electron chi connectivity index (χ4n) is 2.04. The zero-order valence-corrected chi connectivity index (χ0v) is 9.27. The Morgan fingerprint density at radius 3 is 3.38 bits per heavy atom. The molecule has 0 saturated carbocycles. The maximum Gasteiger partial charge on any atom is 0.245 e. The molecular weight excluding hydrogens is 208 g/mol. The van der Waals surface area contributed by atoms with Gasteiger partial charge in [0.15, 0.2) is 0 Å². The predicted octanol–water partition coefficient (Wildman–Crippen LogP) is -0.196. The van der Waals surface area contributed by atoms with Crippen molar-refractivity contribution in [2.45, 2.75) is 25.3 Å². The Morgan fingerprint density at radius 2 is 2.62 bits per heavy atom. The minimum atomic E-state index is -0.477. The normalized spacial score (nSPS) is 19.4. The number of amides is 1. The maximum absolute atomic E-state index is 10.5. The second-order valence-electron chi connectivity index (χ2n) is 3.99. The van der Waals surface area contributed by atoms with Gasteiger partial charge in [0.2, 0.25) is 5.91 Å². The standard InChI is InChI=1S/C10H16N4O2/c1-14-9-4-2-3-8(7(9)5-12-14)13-16-6-10(11)15/h5,8,13H,2-4,6H2,1H3,(H2,11,15). The van der Waals surface area contributed by atoms with Gasteiger partial charge in [-0.15, -0.1) is 0 Å². The Hall–Kier alpha value is -1.40. The zero-order chi connectivity index (χ0) is 11.5. The number of primary amides is 1. The second-order valence-corrected chi connectivity index (χ2v) is 3.99. The Kier molecular flexibility index (Phi) is 3.21. The highest BCUT2D eigenvalue weighted by atomic mass is 16.6. The largest absolute Gasteiger partial charge is 0.368 e. The molecule has 6 nitrogen and oxygen atoms in total. The van der Waals surface area contributed by atoms with E-state index in [4.69, 9.17) is 10.6 Å². The lowest BCUT2D eigenvalue weighted by molar-refractivity contribution is -0.126. The van der Waals surface area contributed by atoms with Crippen molar-refractivity contribution in [2.75, 3.05) is 6.61 Å². The van der Waals surface area contributed by atoms with Crippen LogP contribution in [-0.4, -0.2) is 22.3 Å². The van der Waals surface area contributed by atoms with Gasteiger partial charge in [0, 0.05) is 18.3 Å². The number of carbonyl (C=O) groups excluding carboxylic acids is 1. The SMILES string of the molecule is Cn1ncc2c1CCCC2NOCC(N)=O. The second kappa shape index (κ2) is 4.63. The van der Waals surface area contributed by atoms with Gasteiger partial charge in [-0.05, 0) is 19.3 Å². The molecule has 16 heavy (non-hydrogen) atoms. The van der Waals surface area contributed by atoms with Gasteiger partial charge in [0.1, 0.15) is 6.61 Å². The van der Waals surface area contributed by atoms with Crippen molar-refractivity contribution in [3.63, 3.8) is 0 Å². The fraction of sp³-hybridized carbons (Fsp3) is 0.600. The molecule has 0 radical (unpaired) electrons. The third-order valence-corrected chi connectivity index (χ3v) is 2.82. The van der Waals surface area contributed by atoms with Crippen LogP contribution < -0.4 is 11.2 Å². The number of hydroxylamine groups is 1. The summed E-state index contributed by atoms with van der Waals surface area (Å²) in [6.07, 6.45) is 4.96. The first-order chi connectivity index (χ1) is 7.68. The molecule has 0 bridgehead atoms. The number of aryl methyl sites for hydroxylation is 1. The van der Waals surface area contributed by atoms with Crippen LogP contribution >= 0.6 is 0 Å². The summed E-state index contributed by atoms with van der Waals surface area (Å²) in [6.45, 7) is -0.105. The summed E-state index contributed by atoms with van der Waals surface area (Å²) in [5.74, 6) is -0.477. The number of hydrogen-bond donors (Lipinski definition) is 2. The first kappa shape index (κ1) is 11.1. The highest BCUT2D eigenvalue weighted by Crippen LogP contribution is 2.28. The van der Waals surface area contributed by atoms with Gasteiger partial charge in [-0.2, -0.15) is 10.6 Å². The van der Waals surface area contributed by atoms with Crippen molar-refractivity contribution in [1.82, 2.24) is 15.3 Å². The Bertz CT molecular complexity index is 388. The maximum atomic E-state index is 10.5. The van der Waals surface area contributed by atoms with Crippen molar-refractivity contribution in [3.8, 4) is 0 Å². The van der Waals surface area contributed by atoms with E-state index >= 15 is 0 Å². The minimum absolute atomic E-state index is 0.105. The average Bonchev–Trinajstić information content (AvgIpc) is 2.61. The summed E-state index contributed by atoms with van der Waals surface area (Å²) in [4.78, 5) is 15.6. The van der Waals surface area contributed by atoms with Crippen LogP contribution in [0.2, 0.25) is 0 Å². The number of hydrogen-bond acceptors (Lipinski definition) is 4. The van der Waals surface area contributed by atoms with Gasteiger partial charge in [-0.3, -0.25) is 14.3 Å². The highest BCUT2D eigenvalue weighted by Gasteiger charge is 2.23. The fourth-order valence-corrected chi connectivity index (χ4v) is 2.04. The Balaban J connectivity index is 1.99. The number of nitrogens with one attached hydrogen (secondary N) is 1. The van der Waals surface area contributed by atoms with Crippen LogP contribution in [0.25, 0.3) is 0 Å². The molecule has 0 aromatic carbocycles. The lowest BCUT2D eigenvalue weighted by atomic mass is 9.94. The van der Waals surface area contributed by atoms with Crippen LogP contribution in [0.3, 0.4) is 0 Å². The molecule has 1 amide bonds. The van der Waals surface area contributed by atoms with Crippen LogP contribution in [0.5, 0.6) is 0 Å². The number of rotatable bonds is 4. The van der Waals surface area contributed by atoms with E-state index in [-0.39, 0.29) is 12.6 Å². The van der Waals surface area contributed by atoms with Gasteiger partial charge >= 0.3 is 0 Å². The third kappa shape index (κ3) is 2.23. The predicted molar refractivity (Wildman–Crippen MR) is 57.2 cm³/mol. The van der Waals surface area contributed by atoms with Crippen molar-refractivity contribution >= 4 is 5.91 Å². The summed E-state index contributed by atoms with van der Waals surface area (Å²) >= 11 is 0. The van der Waals surface area contributed by atoms with Crippen LogP contribution in [0.1, 0.15) is 30.1 Å². The number of nitrogens with zero attached hydrogens (tertiary/aromatic N) is 2. The minimum Gasteiger partial charge on any atom is -0.368 e. The van der Waals surface area contributed by atoms with E-state index in [2.05, 4.69) is 10.6 Å². The van der Waals surface area contributed by atoms with E-state index in [0.29, 0.717) is 0 Å². The van der Waals surface area contributed by atoms with E-state index in [9.17, 15) is 4.79 Å². The molecule has 0 spiro atoms. The average molecular weight is 224 g/mol. The molecule has 1 unspecified atom stereocenters. The van der Waals surface area contributed by atoms with E-state index in [1.807, 2.05) is 17.9 Å². The number of nitrogens with two attached hydrogens (primary N) is 1. The van der Waals surface area contributed by atoms with E-state index in [1.165, 1.54) is 5.69 Å². The highest BCUT2D eigenvalue weighted by molar-refractivity contribution is 5.74. The molecule has 1 atom stereocenters. The Morgan fingerprint density at radius 1 is 1.81 bits per heavy atom. The van der Waals surface area contributed by atoms with Gasteiger partial charge < -0.3 is 5.73 Å². The number of carbonyl (C=O) groups is 1. The van der Waals surface area contributed by atoms with E-state index < -0.39 is 5.91 Å². The van der Waals surface area contributed by atoms with Crippen molar-refractivity contribution in [2.24, 2.45) is 12.8 Å². The molecule has 1 aromatic heterocycles. The number of aromatic nitrogens is 2. The molecule has 1 aromatic rings. The van der Waals surface area contributed by atoms with Gasteiger partial charge in [0.25, 0.3) is 0 Å². The smallest absolute Gasteiger partial charge is 0.245 e. The zero-order valence-electron chi connectivity index (χ0n) is 9.27. The van der Waals surface area contributed by atoms with Crippen LogP contribution in [0.15, 0.2) is 6.20 Å². The lowest BCUT2D eigenvalue weighted by Gasteiger charge is -2.23. The van der Waals surface area contributed by atoms with Crippen molar-refractivity contribution < 1.29 is 9.63 Å². The van der Waals surface area contributed by atoms with Gasteiger partial charge in [-0.1, -0.05) is 0 Å². The van der Waals surface area contributed by atoms with Gasteiger partial charge in [0.05, 0.1) is 12.2 Å². The molecule has 3 N–H and O–H groups in total. The molecule has 0 fully saturated rings. The molecule has 0 saturated heterocycles. The van der Waals surface area contributed by atoms with E-state index in [0.717, 1.165) is 24.8 Å². The van der Waals surface area contributed by atoms with Crippen molar-refractivity contribution in [1.29, 1.82) is 0 Å². The summed E-state index contributed by atoms with van der Waals surface area (Å²) in [5.41, 5.74) is 10.2. The van der Waals surface area contributed by atoms with Gasteiger partial charge in [-0.25, -0.2) is 0 Å². The van der Waals surface area contributed by atoms with Crippen molar-refractivity contribution in [3.05, 3.63) is 17.5 Å². The van der Waals surface area contributed by atoms with Crippen LogP contribution in [-0.2, 0) is 23.1 Å². The third-order valence-electron chi connectivity index (χ3n) is 2.82. The molecule has 1 aliphatic rings. The monoisotopic (exact) mass is 224 g/mol. The summed E-state index contributed by atoms with van der Waals surface area (Å²) < 4.78 is 1.89. The molecule has 1 heterocycles. The molecular formula is C10H16N4O2. The molecule has 0 aliphatic heterocycles. The Labute approximate surface area is 93.7 Å². The first-order valence-corrected chi connectivity index (χ1v) is 5.35. The summed E-state index contributed by atoms with van der Waals surface area (Å²) in [5, 5.41) is 4.22. The topological polar surface area (TPSA) is 82.2 Å². The molecule has 88 valence electrons. The molecule has 2 rings (SSSR count). The van der Waals surface area contributed by atoms with Crippen LogP contribution in [0, 0.1) is 0 Å².